The van der Waals surface area contributed by atoms with Gasteiger partial charge in [0.15, 0.2) is 11.7 Å². The number of para-hydroxylation sites is 2. The largest absolute Gasteiger partial charge is 0.573 e. The number of benzene rings is 1. The van der Waals surface area contributed by atoms with Crippen molar-refractivity contribution in [3.63, 3.8) is 0 Å². The second-order valence-corrected chi connectivity index (χ2v) is 6.94. The molecule has 0 bridgehead atoms. The van der Waals surface area contributed by atoms with Crippen molar-refractivity contribution in [3.05, 3.63) is 24.3 Å². The summed E-state index contributed by atoms with van der Waals surface area (Å²) in [6.07, 6.45) is -3.73. The highest BCUT2D eigenvalue weighted by Gasteiger charge is 2.32. The Balaban J connectivity index is 0.00000576. The van der Waals surface area contributed by atoms with E-state index in [0.717, 1.165) is 12.3 Å². The van der Waals surface area contributed by atoms with Crippen molar-refractivity contribution in [2.24, 2.45) is 10.7 Å². The predicted molar refractivity (Wildman–Crippen MR) is 99.2 cm³/mol. The van der Waals surface area contributed by atoms with Crippen LogP contribution in [0.25, 0.3) is 0 Å². The second-order valence-electron chi connectivity index (χ2n) is 4.68. The van der Waals surface area contributed by atoms with Gasteiger partial charge in [-0.25, -0.2) is 8.42 Å². The molecule has 0 aliphatic heterocycles. The van der Waals surface area contributed by atoms with Gasteiger partial charge in [0.05, 0.1) is 31.2 Å². The molecule has 0 fully saturated rings. The van der Waals surface area contributed by atoms with Crippen molar-refractivity contribution in [1.82, 2.24) is 0 Å². The first kappa shape index (κ1) is 23.7. The molecule has 7 nitrogen and oxygen atoms in total. The maximum atomic E-state index is 12.3. The number of halogens is 4. The van der Waals surface area contributed by atoms with Crippen LogP contribution in [0.15, 0.2) is 29.3 Å². The molecule has 144 valence electrons. The lowest BCUT2D eigenvalue weighted by Crippen LogP contribution is -2.25. The summed E-state index contributed by atoms with van der Waals surface area (Å²) in [4.78, 5) is 3.86. The minimum absolute atomic E-state index is 0. The summed E-state index contributed by atoms with van der Waals surface area (Å²) < 4.78 is 67.6. The van der Waals surface area contributed by atoms with Crippen LogP contribution in [0.4, 0.5) is 18.9 Å². The molecule has 0 aliphatic carbocycles. The fourth-order valence-corrected chi connectivity index (χ4v) is 1.92. The standard InChI is InChI=1S/C13H18F3N3O4S.HI/c1-24(20,21)9-8-22-7-6-18-12(17)19-10-4-2-3-5-11(10)23-13(14,15)16;/h2-5H,6-9H2,1H3,(H3,17,18,19);1H. The van der Waals surface area contributed by atoms with Crippen LogP contribution >= 0.6 is 24.0 Å². The van der Waals surface area contributed by atoms with E-state index in [4.69, 9.17) is 10.5 Å². The Kier molecular flexibility index (Phi) is 10.1. The fourth-order valence-electron chi connectivity index (χ4n) is 1.50. The van der Waals surface area contributed by atoms with Crippen molar-refractivity contribution in [1.29, 1.82) is 0 Å². The number of anilines is 1. The maximum Gasteiger partial charge on any atom is 0.573 e. The molecule has 12 heteroatoms. The van der Waals surface area contributed by atoms with Crippen LogP contribution in [0, 0.1) is 0 Å². The molecule has 1 aromatic rings. The molecule has 1 aromatic carbocycles. The summed E-state index contributed by atoms with van der Waals surface area (Å²) in [5.74, 6) is -0.667. The molecule has 0 saturated heterocycles. The van der Waals surface area contributed by atoms with Gasteiger partial charge in [0.1, 0.15) is 9.84 Å². The van der Waals surface area contributed by atoms with Crippen LogP contribution in [-0.2, 0) is 14.6 Å². The fraction of sp³-hybridized carbons (Fsp3) is 0.462. The minimum atomic E-state index is -4.82. The molecule has 0 heterocycles. The molecule has 0 spiro atoms. The van der Waals surface area contributed by atoms with Crippen molar-refractivity contribution >= 4 is 45.5 Å². The number of alkyl halides is 3. The van der Waals surface area contributed by atoms with E-state index >= 15 is 0 Å². The van der Waals surface area contributed by atoms with Crippen molar-refractivity contribution < 1.29 is 31.1 Å². The van der Waals surface area contributed by atoms with Crippen molar-refractivity contribution in [2.75, 3.05) is 37.1 Å². The third kappa shape index (κ3) is 11.8. The van der Waals surface area contributed by atoms with Gasteiger partial charge in [-0.1, -0.05) is 12.1 Å². The Morgan fingerprint density at radius 2 is 1.92 bits per heavy atom. The van der Waals surface area contributed by atoms with E-state index in [-0.39, 0.29) is 61.1 Å². The van der Waals surface area contributed by atoms with Gasteiger partial charge in [0.2, 0.25) is 0 Å². The Morgan fingerprint density at radius 3 is 2.52 bits per heavy atom. The lowest BCUT2D eigenvalue weighted by molar-refractivity contribution is -0.274. The third-order valence-corrected chi connectivity index (χ3v) is 3.40. The Bertz CT molecular complexity index is 669. The number of nitrogens with two attached hydrogens (primary N) is 1. The van der Waals surface area contributed by atoms with E-state index in [2.05, 4.69) is 15.0 Å². The Hall–Kier alpha value is -1.28. The summed E-state index contributed by atoms with van der Waals surface area (Å²) in [6, 6.07) is 5.38. The highest BCUT2D eigenvalue weighted by molar-refractivity contribution is 14.0. The maximum absolute atomic E-state index is 12.3. The zero-order chi connectivity index (χ0) is 18.2. The monoisotopic (exact) mass is 497 g/mol. The first-order valence-electron chi connectivity index (χ1n) is 6.74. The molecule has 25 heavy (non-hydrogen) atoms. The molecule has 0 radical (unpaired) electrons. The average molecular weight is 497 g/mol. The molecule has 1 rings (SSSR count). The zero-order valence-electron chi connectivity index (χ0n) is 13.2. The summed E-state index contributed by atoms with van der Waals surface area (Å²) in [7, 11) is -3.09. The lowest BCUT2D eigenvalue weighted by Gasteiger charge is -2.14. The topological polar surface area (TPSA) is 103 Å². The zero-order valence-corrected chi connectivity index (χ0v) is 16.4. The number of aliphatic imine (C=N–C) groups is 1. The van der Waals surface area contributed by atoms with Crippen LogP contribution < -0.4 is 15.8 Å². The molecular formula is C13H19F3IN3O4S. The quantitative estimate of drug-likeness (QED) is 0.247. The summed E-state index contributed by atoms with van der Waals surface area (Å²) in [5.41, 5.74) is 5.58. The second kappa shape index (κ2) is 10.7. The van der Waals surface area contributed by atoms with Gasteiger partial charge in [0, 0.05) is 6.26 Å². The molecule has 3 N–H and O–H groups in total. The lowest BCUT2D eigenvalue weighted by atomic mass is 10.3. The van der Waals surface area contributed by atoms with Gasteiger partial charge in [-0.2, -0.15) is 0 Å². The van der Waals surface area contributed by atoms with Crippen LogP contribution in [0.1, 0.15) is 0 Å². The molecule has 0 amide bonds. The molecule has 0 saturated carbocycles. The number of hydrogen-bond acceptors (Lipinski definition) is 5. The number of guanidine groups is 1. The molecule has 0 unspecified atom stereocenters. The molecule has 0 atom stereocenters. The van der Waals surface area contributed by atoms with Crippen molar-refractivity contribution in [3.8, 4) is 5.75 Å². The van der Waals surface area contributed by atoms with Crippen LogP contribution in [0.3, 0.4) is 0 Å². The molecule has 0 aromatic heterocycles. The number of nitrogens with zero attached hydrogens (tertiary/aromatic N) is 1. The summed E-state index contributed by atoms with van der Waals surface area (Å²) in [5, 5.41) is 2.50. The first-order chi connectivity index (χ1) is 11.1. The van der Waals surface area contributed by atoms with E-state index in [1.54, 1.807) is 0 Å². The normalized spacial score (nSPS) is 12.4. The van der Waals surface area contributed by atoms with Gasteiger partial charge >= 0.3 is 6.36 Å². The predicted octanol–water partition coefficient (Wildman–Crippen LogP) is 1.99. The van der Waals surface area contributed by atoms with Crippen LogP contribution in [-0.4, -0.2) is 52.5 Å². The Labute approximate surface area is 160 Å². The van der Waals surface area contributed by atoms with Crippen LogP contribution in [0.2, 0.25) is 0 Å². The molecule has 0 aliphatic rings. The minimum Gasteiger partial charge on any atom is -0.404 e. The van der Waals surface area contributed by atoms with E-state index in [1.807, 2.05) is 0 Å². The average Bonchev–Trinajstić information content (AvgIpc) is 2.42. The first-order valence-corrected chi connectivity index (χ1v) is 8.80. The van der Waals surface area contributed by atoms with Gasteiger partial charge < -0.3 is 20.5 Å². The van der Waals surface area contributed by atoms with Gasteiger partial charge in [0.25, 0.3) is 0 Å². The van der Waals surface area contributed by atoms with E-state index in [9.17, 15) is 21.6 Å². The van der Waals surface area contributed by atoms with Crippen molar-refractivity contribution in [2.45, 2.75) is 6.36 Å². The molecular weight excluding hydrogens is 478 g/mol. The van der Waals surface area contributed by atoms with Gasteiger partial charge in [-0.3, -0.25) is 4.99 Å². The number of sulfone groups is 1. The number of hydrogen-bond donors (Lipinski definition) is 2. The SMILES string of the molecule is CS(=O)(=O)CCOCCN=C(N)Nc1ccccc1OC(F)(F)F.I. The number of nitrogens with one attached hydrogen (secondary N) is 1. The highest BCUT2D eigenvalue weighted by atomic mass is 127. The van der Waals surface area contributed by atoms with Gasteiger partial charge in [-0.15, -0.1) is 37.1 Å². The summed E-state index contributed by atoms with van der Waals surface area (Å²) >= 11 is 0. The van der Waals surface area contributed by atoms with Gasteiger partial charge in [-0.05, 0) is 12.1 Å². The highest BCUT2D eigenvalue weighted by Crippen LogP contribution is 2.29. The third-order valence-electron chi connectivity index (χ3n) is 2.49. The smallest absolute Gasteiger partial charge is 0.404 e. The van der Waals surface area contributed by atoms with E-state index in [0.29, 0.717) is 0 Å². The van der Waals surface area contributed by atoms with Crippen LogP contribution in [0.5, 0.6) is 5.75 Å². The number of ether oxygens (including phenoxy) is 2. The number of rotatable bonds is 8. The van der Waals surface area contributed by atoms with E-state index < -0.39 is 21.9 Å². The Morgan fingerprint density at radius 1 is 1.28 bits per heavy atom. The van der Waals surface area contributed by atoms with E-state index in [1.165, 1.54) is 18.2 Å². The summed E-state index contributed by atoms with van der Waals surface area (Å²) in [6.45, 7) is 0.271.